The number of hydrogen-bond acceptors (Lipinski definition) is 6. The number of carbonyl (C=O) groups is 2. The molecule has 36 heavy (non-hydrogen) atoms. The van der Waals surface area contributed by atoms with E-state index in [0.29, 0.717) is 44.3 Å². The lowest BCUT2D eigenvalue weighted by molar-refractivity contribution is -0.136. The van der Waals surface area contributed by atoms with E-state index in [2.05, 4.69) is 10.4 Å². The normalized spacial score (nSPS) is 13.4. The molecule has 1 aliphatic rings. The Morgan fingerprint density at radius 3 is 2.53 bits per heavy atom. The van der Waals surface area contributed by atoms with Crippen LogP contribution in [0.4, 0.5) is 0 Å². The van der Waals surface area contributed by atoms with Crippen LogP contribution in [0.5, 0.6) is 0 Å². The Balaban J connectivity index is 1.53. The average molecular weight is 532 g/mol. The fourth-order valence-corrected chi connectivity index (χ4v) is 4.17. The molecule has 0 bridgehead atoms. The van der Waals surface area contributed by atoms with E-state index in [9.17, 15) is 19.2 Å². The van der Waals surface area contributed by atoms with Crippen LogP contribution in [0.1, 0.15) is 15.9 Å². The zero-order chi connectivity index (χ0) is 25.7. The fourth-order valence-electron chi connectivity index (χ4n) is 3.73. The molecule has 4 rings (SSSR count). The van der Waals surface area contributed by atoms with Gasteiger partial charge in [0.15, 0.2) is 0 Å². The van der Waals surface area contributed by atoms with Crippen molar-refractivity contribution in [2.75, 3.05) is 32.8 Å². The van der Waals surface area contributed by atoms with Gasteiger partial charge >= 0.3 is 5.69 Å². The lowest BCUT2D eigenvalue weighted by atomic mass is 10.1. The fraction of sp³-hybridized carbons (Fsp3) is 0.292. The highest BCUT2D eigenvalue weighted by molar-refractivity contribution is 6.34. The van der Waals surface area contributed by atoms with Crippen molar-refractivity contribution in [3.05, 3.63) is 90.7 Å². The lowest BCUT2D eigenvalue weighted by Crippen LogP contribution is -2.47. The van der Waals surface area contributed by atoms with Crippen molar-refractivity contribution in [3.63, 3.8) is 0 Å². The maximum atomic E-state index is 13.1. The first-order valence-electron chi connectivity index (χ1n) is 11.2. The molecule has 2 aromatic carbocycles. The first kappa shape index (κ1) is 25.6. The summed E-state index contributed by atoms with van der Waals surface area (Å²) in [6.45, 7) is 1.46. The van der Waals surface area contributed by atoms with Crippen LogP contribution in [-0.4, -0.2) is 63.9 Å². The standard InChI is InChI=1S/C24H23Cl2N5O5/c25-19-4-2-1-3-16(19)7-8-27-23(34)18-13-17(5-6-20(18)26)31-24(35)30(21(32)14-28-31)15-22(33)29-9-11-36-12-10-29/h1-6,13-14H,7-12,15H2,(H,27,34). The number of nitrogens with zero attached hydrogens (tertiary/aromatic N) is 4. The predicted molar refractivity (Wildman–Crippen MR) is 134 cm³/mol. The Bertz CT molecular complexity index is 1400. The summed E-state index contributed by atoms with van der Waals surface area (Å²) in [4.78, 5) is 52.3. The third-order valence-electron chi connectivity index (χ3n) is 5.70. The highest BCUT2D eigenvalue weighted by Gasteiger charge is 2.20. The van der Waals surface area contributed by atoms with Crippen LogP contribution in [0.2, 0.25) is 10.0 Å². The highest BCUT2D eigenvalue weighted by Crippen LogP contribution is 2.19. The molecule has 3 aromatic rings. The van der Waals surface area contributed by atoms with E-state index in [1.54, 1.807) is 6.07 Å². The average Bonchev–Trinajstić information content (AvgIpc) is 2.88. The summed E-state index contributed by atoms with van der Waals surface area (Å²) in [7, 11) is 0. The van der Waals surface area contributed by atoms with Gasteiger partial charge in [0, 0.05) is 24.7 Å². The molecule has 10 nitrogen and oxygen atoms in total. The van der Waals surface area contributed by atoms with Crippen molar-refractivity contribution in [1.29, 1.82) is 0 Å². The second-order valence-electron chi connectivity index (χ2n) is 8.02. The molecule has 1 N–H and O–H groups in total. The molecule has 188 valence electrons. The quantitative estimate of drug-likeness (QED) is 0.494. The molecule has 12 heteroatoms. The minimum Gasteiger partial charge on any atom is -0.378 e. The molecule has 0 spiro atoms. The largest absolute Gasteiger partial charge is 0.378 e. The minimum absolute atomic E-state index is 0.129. The predicted octanol–water partition coefficient (Wildman–Crippen LogP) is 1.53. The van der Waals surface area contributed by atoms with Crippen molar-refractivity contribution in [2.24, 2.45) is 0 Å². The van der Waals surface area contributed by atoms with Crippen molar-refractivity contribution >= 4 is 35.0 Å². The Hall–Kier alpha value is -3.47. The Labute approximate surface area is 216 Å². The van der Waals surface area contributed by atoms with E-state index in [0.717, 1.165) is 21.0 Å². The Kier molecular flexibility index (Phi) is 8.19. The Morgan fingerprint density at radius 1 is 1.03 bits per heavy atom. The smallest absolute Gasteiger partial charge is 0.352 e. The van der Waals surface area contributed by atoms with Crippen molar-refractivity contribution < 1.29 is 14.3 Å². The van der Waals surface area contributed by atoms with Gasteiger partial charge in [0.1, 0.15) is 12.7 Å². The van der Waals surface area contributed by atoms with Gasteiger partial charge in [0.25, 0.3) is 11.5 Å². The first-order valence-corrected chi connectivity index (χ1v) is 12.0. The van der Waals surface area contributed by atoms with Gasteiger partial charge in [-0.05, 0) is 36.2 Å². The molecule has 2 amide bonds. The van der Waals surface area contributed by atoms with E-state index in [-0.39, 0.29) is 22.2 Å². The van der Waals surface area contributed by atoms with Gasteiger partial charge in [-0.15, -0.1) is 0 Å². The van der Waals surface area contributed by atoms with Gasteiger partial charge in [-0.2, -0.15) is 9.78 Å². The Morgan fingerprint density at radius 2 is 1.78 bits per heavy atom. The van der Waals surface area contributed by atoms with Crippen LogP contribution >= 0.6 is 23.2 Å². The molecule has 2 heterocycles. The molecule has 0 aliphatic carbocycles. The summed E-state index contributed by atoms with van der Waals surface area (Å²) in [6.07, 6.45) is 1.47. The van der Waals surface area contributed by atoms with E-state index < -0.39 is 23.7 Å². The third-order valence-corrected chi connectivity index (χ3v) is 6.39. The molecule has 0 atom stereocenters. The van der Waals surface area contributed by atoms with Crippen molar-refractivity contribution in [3.8, 4) is 5.69 Å². The topological polar surface area (TPSA) is 116 Å². The molecule has 1 aliphatic heterocycles. The summed E-state index contributed by atoms with van der Waals surface area (Å²) in [6, 6.07) is 11.7. The summed E-state index contributed by atoms with van der Waals surface area (Å²) in [5, 5.41) is 7.48. The molecule has 0 radical (unpaired) electrons. The first-order chi connectivity index (χ1) is 17.3. The summed E-state index contributed by atoms with van der Waals surface area (Å²) in [5.41, 5.74) is -0.276. The third kappa shape index (κ3) is 5.84. The lowest BCUT2D eigenvalue weighted by Gasteiger charge is -2.26. The zero-order valence-corrected chi connectivity index (χ0v) is 20.7. The molecular formula is C24H23Cl2N5O5. The van der Waals surface area contributed by atoms with Gasteiger partial charge in [0.05, 0.1) is 29.5 Å². The van der Waals surface area contributed by atoms with Gasteiger partial charge in [-0.1, -0.05) is 41.4 Å². The van der Waals surface area contributed by atoms with E-state index in [1.165, 1.54) is 23.1 Å². The molecule has 0 saturated carbocycles. The molecule has 1 saturated heterocycles. The van der Waals surface area contributed by atoms with Crippen molar-refractivity contribution in [2.45, 2.75) is 13.0 Å². The maximum Gasteiger partial charge on any atom is 0.352 e. The van der Waals surface area contributed by atoms with Crippen LogP contribution in [-0.2, 0) is 22.5 Å². The number of morpholine rings is 1. The number of halogens is 2. The second kappa shape index (κ2) is 11.5. The van der Waals surface area contributed by atoms with Gasteiger partial charge in [0.2, 0.25) is 5.91 Å². The minimum atomic E-state index is -0.809. The SMILES string of the molecule is O=C(NCCc1ccccc1Cl)c1cc(-n2ncc(=O)n(CC(=O)N3CCOCC3)c2=O)ccc1Cl. The van der Waals surface area contributed by atoms with Crippen LogP contribution in [0.25, 0.3) is 5.69 Å². The number of ether oxygens (including phenoxy) is 1. The van der Waals surface area contributed by atoms with Gasteiger partial charge in [-0.25, -0.2) is 9.36 Å². The molecule has 0 unspecified atom stereocenters. The number of benzene rings is 2. The summed E-state index contributed by atoms with van der Waals surface area (Å²) >= 11 is 12.4. The highest BCUT2D eigenvalue weighted by atomic mass is 35.5. The number of rotatable bonds is 7. The second-order valence-corrected chi connectivity index (χ2v) is 8.83. The molecule has 1 fully saturated rings. The van der Waals surface area contributed by atoms with Crippen LogP contribution in [0, 0.1) is 0 Å². The maximum absolute atomic E-state index is 13.1. The van der Waals surface area contributed by atoms with E-state index >= 15 is 0 Å². The van der Waals surface area contributed by atoms with E-state index in [4.69, 9.17) is 27.9 Å². The van der Waals surface area contributed by atoms with Crippen LogP contribution < -0.4 is 16.6 Å². The number of amides is 2. The molecular weight excluding hydrogens is 509 g/mol. The molecule has 1 aromatic heterocycles. The van der Waals surface area contributed by atoms with Gasteiger partial charge < -0.3 is 15.0 Å². The summed E-state index contributed by atoms with van der Waals surface area (Å²) < 4.78 is 6.99. The zero-order valence-electron chi connectivity index (χ0n) is 19.2. The van der Waals surface area contributed by atoms with E-state index in [1.807, 2.05) is 18.2 Å². The monoisotopic (exact) mass is 531 g/mol. The number of hydrogen-bond donors (Lipinski definition) is 1. The van der Waals surface area contributed by atoms with Crippen LogP contribution in [0.15, 0.2) is 58.3 Å². The summed E-state index contributed by atoms with van der Waals surface area (Å²) in [5.74, 6) is -0.817. The number of carbonyl (C=O) groups excluding carboxylic acids is 2. The number of nitrogens with one attached hydrogen (secondary N) is 1. The van der Waals surface area contributed by atoms with Crippen molar-refractivity contribution in [1.82, 2.24) is 24.6 Å². The van der Waals surface area contributed by atoms with Gasteiger partial charge in [-0.3, -0.25) is 14.4 Å². The van der Waals surface area contributed by atoms with Crippen LogP contribution in [0.3, 0.4) is 0 Å². The number of aromatic nitrogens is 3.